The molecule has 2 aliphatic heterocycles. The van der Waals surface area contributed by atoms with Crippen LogP contribution < -0.4 is 4.90 Å². The van der Waals surface area contributed by atoms with Crippen LogP contribution in [0, 0.1) is 0 Å². The molecule has 5 rings (SSSR count). The second-order valence-electron chi connectivity index (χ2n) is 8.02. The van der Waals surface area contributed by atoms with Gasteiger partial charge in [-0.1, -0.05) is 41.6 Å². The van der Waals surface area contributed by atoms with E-state index in [9.17, 15) is 14.7 Å². The number of aromatic nitrogens is 3. The predicted octanol–water partition coefficient (Wildman–Crippen LogP) is 3.27. The SMILES string of the molecule is O=C1c2ccccc2C(=O)N1C[C@H](O)CSc1nnc(N2CCCC2)n1-c1cccc(Cl)c1. The Morgan fingerprint density at radius 1 is 1.00 bits per heavy atom. The molecule has 0 aliphatic carbocycles. The Labute approximate surface area is 200 Å². The Morgan fingerprint density at radius 2 is 1.70 bits per heavy atom. The van der Waals surface area contributed by atoms with Crippen LogP contribution in [0.4, 0.5) is 5.95 Å². The molecule has 0 bridgehead atoms. The van der Waals surface area contributed by atoms with Crippen molar-refractivity contribution in [2.75, 3.05) is 30.3 Å². The van der Waals surface area contributed by atoms with Crippen molar-refractivity contribution >= 4 is 41.1 Å². The molecule has 0 saturated carbocycles. The Morgan fingerprint density at radius 3 is 2.36 bits per heavy atom. The van der Waals surface area contributed by atoms with Gasteiger partial charge in [-0.3, -0.25) is 19.1 Å². The monoisotopic (exact) mass is 483 g/mol. The smallest absolute Gasteiger partial charge is 0.261 e. The molecule has 3 aromatic rings. The summed E-state index contributed by atoms with van der Waals surface area (Å²) in [4.78, 5) is 28.5. The molecular formula is C23H22ClN5O3S. The number of nitrogens with zero attached hydrogens (tertiary/aromatic N) is 5. The van der Waals surface area contributed by atoms with E-state index < -0.39 is 6.10 Å². The molecule has 3 heterocycles. The highest BCUT2D eigenvalue weighted by Crippen LogP contribution is 2.30. The Balaban J connectivity index is 1.33. The lowest BCUT2D eigenvalue weighted by molar-refractivity contribution is 0.0567. The van der Waals surface area contributed by atoms with Crippen LogP contribution in [0.3, 0.4) is 0 Å². The molecule has 1 aromatic heterocycles. The fourth-order valence-electron chi connectivity index (χ4n) is 4.16. The van der Waals surface area contributed by atoms with Crippen molar-refractivity contribution in [2.45, 2.75) is 24.1 Å². The van der Waals surface area contributed by atoms with Crippen molar-refractivity contribution in [3.8, 4) is 5.69 Å². The minimum Gasteiger partial charge on any atom is -0.390 e. The van der Waals surface area contributed by atoms with Gasteiger partial charge in [0.25, 0.3) is 11.8 Å². The summed E-state index contributed by atoms with van der Waals surface area (Å²) in [6.45, 7) is 1.74. The second-order valence-corrected chi connectivity index (χ2v) is 9.45. The first-order valence-corrected chi connectivity index (χ1v) is 12.1. The summed E-state index contributed by atoms with van der Waals surface area (Å²) >= 11 is 7.56. The van der Waals surface area contributed by atoms with Crippen molar-refractivity contribution in [1.82, 2.24) is 19.7 Å². The van der Waals surface area contributed by atoms with Crippen LogP contribution in [0.25, 0.3) is 5.69 Å². The van der Waals surface area contributed by atoms with E-state index in [2.05, 4.69) is 15.1 Å². The highest BCUT2D eigenvalue weighted by Gasteiger charge is 2.36. The number of amides is 2. The molecule has 0 spiro atoms. The zero-order valence-corrected chi connectivity index (χ0v) is 19.3. The van der Waals surface area contributed by atoms with Crippen molar-refractivity contribution in [3.63, 3.8) is 0 Å². The summed E-state index contributed by atoms with van der Waals surface area (Å²) < 4.78 is 1.94. The molecule has 2 aromatic carbocycles. The number of carbonyl (C=O) groups excluding carboxylic acids is 2. The maximum Gasteiger partial charge on any atom is 0.261 e. The molecule has 2 aliphatic rings. The second kappa shape index (κ2) is 9.17. The largest absolute Gasteiger partial charge is 0.390 e. The van der Waals surface area contributed by atoms with Gasteiger partial charge >= 0.3 is 0 Å². The minimum atomic E-state index is -0.919. The quantitative estimate of drug-likeness (QED) is 0.407. The molecule has 0 radical (unpaired) electrons. The first-order valence-electron chi connectivity index (χ1n) is 10.8. The minimum absolute atomic E-state index is 0.0797. The number of aliphatic hydroxyl groups is 1. The fourth-order valence-corrected chi connectivity index (χ4v) is 5.20. The van der Waals surface area contributed by atoms with Crippen LogP contribution in [0.15, 0.2) is 53.7 Å². The summed E-state index contributed by atoms with van der Waals surface area (Å²) in [7, 11) is 0. The molecule has 1 atom stereocenters. The summed E-state index contributed by atoms with van der Waals surface area (Å²) in [5.74, 6) is 0.231. The predicted molar refractivity (Wildman–Crippen MR) is 126 cm³/mol. The van der Waals surface area contributed by atoms with E-state index in [1.807, 2.05) is 28.8 Å². The highest BCUT2D eigenvalue weighted by atomic mass is 35.5. The molecule has 8 nitrogen and oxygen atoms in total. The van der Waals surface area contributed by atoms with Crippen molar-refractivity contribution in [1.29, 1.82) is 0 Å². The zero-order chi connectivity index (χ0) is 22.9. The average molecular weight is 484 g/mol. The van der Waals surface area contributed by atoms with Gasteiger partial charge < -0.3 is 10.0 Å². The van der Waals surface area contributed by atoms with Crippen molar-refractivity contribution < 1.29 is 14.7 Å². The van der Waals surface area contributed by atoms with E-state index in [1.165, 1.54) is 11.8 Å². The molecule has 2 amide bonds. The number of β-amino-alcohol motifs (C(OH)–C–C–N with tert-alkyl or cyclic N) is 1. The van der Waals surface area contributed by atoms with Gasteiger partial charge in [0.2, 0.25) is 5.95 Å². The van der Waals surface area contributed by atoms with Crippen LogP contribution in [-0.2, 0) is 0 Å². The van der Waals surface area contributed by atoms with Crippen LogP contribution in [0.1, 0.15) is 33.6 Å². The Bertz CT molecular complexity index is 1180. The van der Waals surface area contributed by atoms with Crippen LogP contribution in [0.5, 0.6) is 0 Å². The van der Waals surface area contributed by atoms with Gasteiger partial charge in [0.1, 0.15) is 0 Å². The number of hydrogen-bond acceptors (Lipinski definition) is 7. The van der Waals surface area contributed by atoms with Crippen molar-refractivity contribution in [2.24, 2.45) is 0 Å². The number of imide groups is 1. The number of benzene rings is 2. The summed E-state index contributed by atoms with van der Waals surface area (Å²) in [6, 6.07) is 14.2. The maximum atomic E-state index is 12.6. The number of hydrogen-bond donors (Lipinski definition) is 1. The third kappa shape index (κ3) is 4.23. The number of fused-ring (bicyclic) bond motifs is 1. The summed E-state index contributed by atoms with van der Waals surface area (Å²) in [6.07, 6.45) is 1.28. The van der Waals surface area contributed by atoms with Gasteiger partial charge in [0.15, 0.2) is 5.16 Å². The fraction of sp³-hybridized carbons (Fsp3) is 0.304. The first-order chi connectivity index (χ1) is 16.0. The highest BCUT2D eigenvalue weighted by molar-refractivity contribution is 7.99. The third-order valence-electron chi connectivity index (χ3n) is 5.75. The number of anilines is 1. The number of carbonyl (C=O) groups is 2. The first kappa shape index (κ1) is 21.9. The lowest BCUT2D eigenvalue weighted by atomic mass is 10.1. The zero-order valence-electron chi connectivity index (χ0n) is 17.7. The van der Waals surface area contributed by atoms with E-state index in [0.717, 1.165) is 42.5 Å². The van der Waals surface area contributed by atoms with Gasteiger partial charge in [-0.05, 0) is 43.2 Å². The molecule has 0 unspecified atom stereocenters. The van der Waals surface area contributed by atoms with E-state index in [4.69, 9.17) is 11.6 Å². The lowest BCUT2D eigenvalue weighted by Gasteiger charge is -2.20. The number of aliphatic hydroxyl groups excluding tert-OH is 1. The van der Waals surface area contributed by atoms with Crippen LogP contribution in [-0.4, -0.2) is 68.1 Å². The van der Waals surface area contributed by atoms with Gasteiger partial charge in [-0.25, -0.2) is 0 Å². The Kier molecular flexibility index (Phi) is 6.09. The van der Waals surface area contributed by atoms with E-state index in [-0.39, 0.29) is 24.1 Å². The van der Waals surface area contributed by atoms with E-state index in [0.29, 0.717) is 21.3 Å². The van der Waals surface area contributed by atoms with Gasteiger partial charge in [0.05, 0.1) is 29.5 Å². The normalized spacial score (nSPS) is 16.5. The average Bonchev–Trinajstić information content (AvgIpc) is 3.54. The molecule has 1 saturated heterocycles. The molecule has 33 heavy (non-hydrogen) atoms. The molecule has 10 heteroatoms. The van der Waals surface area contributed by atoms with Gasteiger partial charge in [-0.2, -0.15) is 0 Å². The third-order valence-corrected chi connectivity index (χ3v) is 7.06. The summed E-state index contributed by atoms with van der Waals surface area (Å²) in [5, 5.41) is 20.6. The number of halogens is 1. The lowest BCUT2D eigenvalue weighted by Crippen LogP contribution is -2.37. The topological polar surface area (TPSA) is 91.6 Å². The number of thioether (sulfide) groups is 1. The maximum absolute atomic E-state index is 12.6. The standard InChI is InChI=1S/C23H22ClN5O3S/c24-15-6-5-7-16(12-15)29-22(27-10-3-4-11-27)25-26-23(29)33-14-17(30)13-28-20(31)18-8-1-2-9-19(18)21(28)32/h1-2,5-9,12,17,30H,3-4,10-11,13-14H2/t17-/m0/s1. The molecular weight excluding hydrogens is 462 g/mol. The van der Waals surface area contributed by atoms with Gasteiger partial charge in [-0.15, -0.1) is 10.2 Å². The molecule has 170 valence electrons. The van der Waals surface area contributed by atoms with Crippen LogP contribution in [0.2, 0.25) is 5.02 Å². The van der Waals surface area contributed by atoms with E-state index in [1.54, 1.807) is 24.3 Å². The molecule has 1 fully saturated rings. The van der Waals surface area contributed by atoms with E-state index >= 15 is 0 Å². The molecule has 1 N–H and O–H groups in total. The van der Waals surface area contributed by atoms with Crippen molar-refractivity contribution in [3.05, 3.63) is 64.7 Å². The number of rotatable bonds is 7. The summed E-state index contributed by atoms with van der Waals surface area (Å²) in [5.41, 5.74) is 1.59. The van der Waals surface area contributed by atoms with Gasteiger partial charge in [0, 0.05) is 23.9 Å². The Hall–Kier alpha value is -2.88. The van der Waals surface area contributed by atoms with Crippen LogP contribution >= 0.6 is 23.4 Å².